The van der Waals surface area contributed by atoms with E-state index in [-0.39, 0.29) is 5.56 Å². The molecule has 26 heavy (non-hydrogen) atoms. The predicted octanol–water partition coefficient (Wildman–Crippen LogP) is 3.44. The monoisotopic (exact) mass is 379 g/mol. The van der Waals surface area contributed by atoms with Crippen LogP contribution in [0.25, 0.3) is 0 Å². The second kappa shape index (κ2) is 7.99. The van der Waals surface area contributed by atoms with E-state index < -0.39 is 28.5 Å². The maximum Gasteiger partial charge on any atom is 0.254 e. The topological polar surface area (TPSA) is 74.8 Å². The van der Waals surface area contributed by atoms with Crippen LogP contribution in [0.1, 0.15) is 37.4 Å². The lowest BCUT2D eigenvalue weighted by atomic mass is 9.97. The number of hydrogen-bond acceptors (Lipinski definition) is 4. The molecule has 1 atom stereocenters. The molecule has 1 aliphatic rings. The second-order valence-corrected chi connectivity index (χ2v) is 7.30. The van der Waals surface area contributed by atoms with Crippen molar-refractivity contribution in [1.82, 2.24) is 9.97 Å². The number of nitrogens with one attached hydrogen (secondary N) is 2. The number of aryl methyl sites for hydroxylation is 1. The number of carbonyl (C=O) groups excluding carboxylic acids is 1. The lowest BCUT2D eigenvalue weighted by molar-refractivity contribution is -0.115. The van der Waals surface area contributed by atoms with Crippen molar-refractivity contribution in [3.63, 3.8) is 0 Å². The Labute approximate surface area is 153 Å². The van der Waals surface area contributed by atoms with Crippen LogP contribution in [-0.4, -0.2) is 21.1 Å². The Kier molecular flexibility index (Phi) is 5.70. The van der Waals surface area contributed by atoms with E-state index >= 15 is 0 Å². The van der Waals surface area contributed by atoms with Gasteiger partial charge in [0.2, 0.25) is 5.91 Å². The van der Waals surface area contributed by atoms with Gasteiger partial charge in [0, 0.05) is 5.56 Å². The average molecular weight is 379 g/mol. The van der Waals surface area contributed by atoms with Crippen molar-refractivity contribution >= 4 is 23.4 Å². The Balaban J connectivity index is 1.78. The van der Waals surface area contributed by atoms with Gasteiger partial charge in [0.05, 0.1) is 10.9 Å². The summed E-state index contributed by atoms with van der Waals surface area (Å²) < 4.78 is 27.5. The molecule has 1 unspecified atom stereocenters. The van der Waals surface area contributed by atoms with Crippen molar-refractivity contribution in [3.05, 3.63) is 51.4 Å². The van der Waals surface area contributed by atoms with Crippen molar-refractivity contribution in [3.8, 4) is 0 Å². The van der Waals surface area contributed by atoms with Gasteiger partial charge in [-0.25, -0.2) is 13.8 Å². The minimum absolute atomic E-state index is 0.174. The number of H-pyrrole nitrogens is 1. The molecule has 5 nitrogen and oxygen atoms in total. The number of fused-ring (bicyclic) bond motifs is 1. The van der Waals surface area contributed by atoms with Crippen LogP contribution in [0, 0.1) is 11.6 Å². The maximum absolute atomic E-state index is 13.7. The summed E-state index contributed by atoms with van der Waals surface area (Å²) in [7, 11) is 0. The van der Waals surface area contributed by atoms with Gasteiger partial charge in [-0.3, -0.25) is 9.59 Å². The van der Waals surface area contributed by atoms with Crippen molar-refractivity contribution in [2.45, 2.75) is 49.4 Å². The molecule has 1 amide bonds. The zero-order valence-electron chi connectivity index (χ0n) is 14.3. The standard InChI is InChI=1S/C18H19F2N3O2S/c1-2-14(17(25)22-15-11(19)7-5-8-12(15)20)26-18-21-13-9-4-3-6-10(13)16(24)23-18/h5,7-8,14H,2-4,6,9H2,1H3,(H,22,25)(H,21,23,24). The van der Waals surface area contributed by atoms with Gasteiger partial charge in [-0.1, -0.05) is 24.8 Å². The fraction of sp³-hybridized carbons (Fsp3) is 0.389. The quantitative estimate of drug-likeness (QED) is 0.616. The highest BCUT2D eigenvalue weighted by atomic mass is 32.2. The van der Waals surface area contributed by atoms with Gasteiger partial charge in [-0.15, -0.1) is 0 Å². The van der Waals surface area contributed by atoms with Gasteiger partial charge >= 0.3 is 0 Å². The first-order valence-corrected chi connectivity index (χ1v) is 9.41. The number of amides is 1. The van der Waals surface area contributed by atoms with Gasteiger partial charge in [-0.2, -0.15) is 0 Å². The summed E-state index contributed by atoms with van der Waals surface area (Å²) in [6.07, 6.45) is 3.83. The largest absolute Gasteiger partial charge is 0.320 e. The summed E-state index contributed by atoms with van der Waals surface area (Å²) in [4.78, 5) is 31.8. The molecule has 3 rings (SSSR count). The molecule has 0 aliphatic heterocycles. The van der Waals surface area contributed by atoms with E-state index in [1.54, 1.807) is 6.92 Å². The molecule has 0 saturated carbocycles. The van der Waals surface area contributed by atoms with E-state index in [9.17, 15) is 18.4 Å². The molecule has 2 N–H and O–H groups in total. The van der Waals surface area contributed by atoms with Crippen LogP contribution in [0.5, 0.6) is 0 Å². The van der Waals surface area contributed by atoms with Crippen molar-refractivity contribution in [2.24, 2.45) is 0 Å². The SMILES string of the molecule is CCC(Sc1nc2c(c(=O)[nH]1)CCCC2)C(=O)Nc1c(F)cccc1F. The number of rotatable bonds is 5. The highest BCUT2D eigenvalue weighted by molar-refractivity contribution is 8.00. The van der Waals surface area contributed by atoms with Gasteiger partial charge in [-0.05, 0) is 44.2 Å². The summed E-state index contributed by atoms with van der Waals surface area (Å²) in [5.41, 5.74) is 0.848. The van der Waals surface area contributed by atoms with E-state index in [1.165, 1.54) is 6.07 Å². The van der Waals surface area contributed by atoms with Gasteiger partial charge in [0.15, 0.2) is 5.16 Å². The number of nitrogens with zero attached hydrogens (tertiary/aromatic N) is 1. The molecule has 0 fully saturated rings. The molecule has 1 heterocycles. The minimum atomic E-state index is -0.835. The second-order valence-electron chi connectivity index (χ2n) is 6.10. The normalized spacial score (nSPS) is 14.6. The lowest BCUT2D eigenvalue weighted by Crippen LogP contribution is -2.27. The number of para-hydroxylation sites is 1. The van der Waals surface area contributed by atoms with Crippen molar-refractivity contribution in [1.29, 1.82) is 0 Å². The summed E-state index contributed by atoms with van der Waals surface area (Å²) in [6.45, 7) is 1.78. The summed E-state index contributed by atoms with van der Waals surface area (Å²) >= 11 is 1.09. The van der Waals surface area contributed by atoms with Gasteiger partial charge < -0.3 is 10.3 Å². The number of halogens is 2. The number of hydrogen-bond donors (Lipinski definition) is 2. The molecule has 1 aromatic heterocycles. The summed E-state index contributed by atoms with van der Waals surface area (Å²) in [6, 6.07) is 3.39. The first-order valence-electron chi connectivity index (χ1n) is 8.53. The van der Waals surface area contributed by atoms with Crippen LogP contribution in [-0.2, 0) is 17.6 Å². The van der Waals surface area contributed by atoms with Crippen LogP contribution < -0.4 is 10.9 Å². The molecule has 0 radical (unpaired) electrons. The van der Waals surface area contributed by atoms with Crippen LogP contribution in [0.3, 0.4) is 0 Å². The molecule has 1 aliphatic carbocycles. The smallest absolute Gasteiger partial charge is 0.254 e. The van der Waals surface area contributed by atoms with Crippen LogP contribution in [0.4, 0.5) is 14.5 Å². The third-order valence-electron chi connectivity index (χ3n) is 4.30. The highest BCUT2D eigenvalue weighted by Gasteiger charge is 2.23. The molecular formula is C18H19F2N3O2S. The Bertz CT molecular complexity index is 865. The molecule has 1 aromatic carbocycles. The number of thioether (sulfide) groups is 1. The van der Waals surface area contributed by atoms with Gasteiger partial charge in [0.25, 0.3) is 5.56 Å². The van der Waals surface area contributed by atoms with Crippen LogP contribution in [0.15, 0.2) is 28.2 Å². The van der Waals surface area contributed by atoms with E-state index in [0.717, 1.165) is 48.9 Å². The molecule has 0 saturated heterocycles. The third kappa shape index (κ3) is 3.95. The first-order chi connectivity index (χ1) is 12.5. The van der Waals surface area contributed by atoms with E-state index in [1.807, 2.05) is 0 Å². The van der Waals surface area contributed by atoms with Crippen molar-refractivity contribution in [2.75, 3.05) is 5.32 Å². The fourth-order valence-corrected chi connectivity index (χ4v) is 3.83. The Morgan fingerprint density at radius 3 is 2.69 bits per heavy atom. The van der Waals surface area contributed by atoms with Crippen LogP contribution in [0.2, 0.25) is 0 Å². The zero-order valence-corrected chi connectivity index (χ0v) is 15.1. The van der Waals surface area contributed by atoms with Crippen LogP contribution >= 0.6 is 11.8 Å². The Hall–Kier alpha value is -2.22. The number of aromatic amines is 1. The van der Waals surface area contributed by atoms with E-state index in [2.05, 4.69) is 15.3 Å². The number of anilines is 1. The molecule has 0 bridgehead atoms. The highest BCUT2D eigenvalue weighted by Crippen LogP contribution is 2.26. The predicted molar refractivity (Wildman–Crippen MR) is 96.4 cm³/mol. The number of carbonyl (C=O) groups is 1. The van der Waals surface area contributed by atoms with Gasteiger partial charge in [0.1, 0.15) is 17.3 Å². The van der Waals surface area contributed by atoms with Crippen molar-refractivity contribution < 1.29 is 13.6 Å². The molecule has 0 spiro atoms. The molecule has 138 valence electrons. The maximum atomic E-state index is 13.7. The zero-order chi connectivity index (χ0) is 18.7. The summed E-state index contributed by atoms with van der Waals surface area (Å²) in [5.74, 6) is -2.21. The lowest BCUT2D eigenvalue weighted by Gasteiger charge is -2.17. The Morgan fingerprint density at radius 1 is 1.31 bits per heavy atom. The number of aromatic nitrogens is 2. The average Bonchev–Trinajstić information content (AvgIpc) is 2.63. The molecule has 2 aromatic rings. The Morgan fingerprint density at radius 2 is 2.00 bits per heavy atom. The summed E-state index contributed by atoms with van der Waals surface area (Å²) in [5, 5.41) is 2.01. The van der Waals surface area contributed by atoms with E-state index in [0.29, 0.717) is 23.6 Å². The number of benzene rings is 1. The third-order valence-corrected chi connectivity index (χ3v) is 5.55. The molecule has 8 heteroatoms. The van der Waals surface area contributed by atoms with E-state index in [4.69, 9.17) is 0 Å². The molecular weight excluding hydrogens is 360 g/mol. The minimum Gasteiger partial charge on any atom is -0.320 e. The first kappa shape index (κ1) is 18.6. The fourth-order valence-electron chi connectivity index (χ4n) is 2.91.